The number of likely N-dealkylation sites (N-methyl/N-ethyl adjacent to an activating group) is 1. The standard InChI is InChI=1S/C14H22N2O3/c1-11(17)12-6-4-5-7-13(12)16(2)10-14(18)15-8-9-19-3/h4-7,11,17H,8-10H2,1-3H3,(H,15,18). The lowest BCUT2D eigenvalue weighted by molar-refractivity contribution is -0.119. The minimum Gasteiger partial charge on any atom is -0.389 e. The van der Waals surface area contributed by atoms with Crippen LogP contribution in [0.4, 0.5) is 5.69 Å². The van der Waals surface area contributed by atoms with Crippen molar-refractivity contribution < 1.29 is 14.6 Å². The van der Waals surface area contributed by atoms with Gasteiger partial charge in [0.2, 0.25) is 5.91 Å². The van der Waals surface area contributed by atoms with Crippen LogP contribution in [0.25, 0.3) is 0 Å². The molecule has 0 aliphatic heterocycles. The highest BCUT2D eigenvalue weighted by atomic mass is 16.5. The number of nitrogens with zero attached hydrogens (tertiary/aromatic N) is 1. The van der Waals surface area contributed by atoms with Gasteiger partial charge >= 0.3 is 0 Å². The topological polar surface area (TPSA) is 61.8 Å². The number of anilines is 1. The van der Waals surface area contributed by atoms with E-state index in [9.17, 15) is 9.90 Å². The van der Waals surface area contributed by atoms with Gasteiger partial charge in [-0.05, 0) is 13.0 Å². The van der Waals surface area contributed by atoms with Crippen molar-refractivity contribution in [2.45, 2.75) is 13.0 Å². The van der Waals surface area contributed by atoms with Crippen LogP contribution in [0.15, 0.2) is 24.3 Å². The molecule has 0 aliphatic rings. The summed E-state index contributed by atoms with van der Waals surface area (Å²) in [5.41, 5.74) is 1.68. The minimum atomic E-state index is -0.560. The number of hydrogen-bond donors (Lipinski definition) is 2. The van der Waals surface area contributed by atoms with Gasteiger partial charge in [0, 0.05) is 32.0 Å². The third-order valence-corrected chi connectivity index (χ3v) is 2.81. The maximum absolute atomic E-state index is 11.7. The fraction of sp³-hybridized carbons (Fsp3) is 0.500. The summed E-state index contributed by atoms with van der Waals surface area (Å²) < 4.78 is 4.87. The van der Waals surface area contributed by atoms with E-state index in [1.54, 1.807) is 14.0 Å². The molecule has 5 heteroatoms. The molecule has 0 radical (unpaired) electrons. The van der Waals surface area contributed by atoms with Gasteiger partial charge in [-0.2, -0.15) is 0 Å². The second-order valence-electron chi connectivity index (χ2n) is 4.43. The molecule has 1 atom stereocenters. The normalized spacial score (nSPS) is 12.0. The Bertz CT molecular complexity index is 407. The molecule has 0 fully saturated rings. The van der Waals surface area contributed by atoms with E-state index < -0.39 is 6.10 Å². The first kappa shape index (κ1) is 15.5. The minimum absolute atomic E-state index is 0.0695. The SMILES string of the molecule is COCCNC(=O)CN(C)c1ccccc1C(C)O. The van der Waals surface area contributed by atoms with E-state index in [2.05, 4.69) is 5.32 Å². The van der Waals surface area contributed by atoms with E-state index in [0.717, 1.165) is 11.3 Å². The number of aliphatic hydroxyl groups excluding tert-OH is 1. The third kappa shape index (κ3) is 4.89. The summed E-state index contributed by atoms with van der Waals surface area (Å²) in [5.74, 6) is -0.0695. The zero-order valence-electron chi connectivity index (χ0n) is 11.7. The fourth-order valence-electron chi connectivity index (χ4n) is 1.84. The molecule has 0 aliphatic carbocycles. The second kappa shape index (κ2) is 7.76. The molecule has 1 unspecified atom stereocenters. The number of hydrogen-bond acceptors (Lipinski definition) is 4. The van der Waals surface area contributed by atoms with Gasteiger partial charge in [0.05, 0.1) is 19.3 Å². The van der Waals surface area contributed by atoms with Gasteiger partial charge in [-0.1, -0.05) is 18.2 Å². The third-order valence-electron chi connectivity index (χ3n) is 2.81. The van der Waals surface area contributed by atoms with Gasteiger partial charge in [0.15, 0.2) is 0 Å². The molecular formula is C14H22N2O3. The Labute approximate surface area is 114 Å². The lowest BCUT2D eigenvalue weighted by Crippen LogP contribution is -2.37. The smallest absolute Gasteiger partial charge is 0.239 e. The maximum atomic E-state index is 11.7. The number of para-hydroxylation sites is 1. The first-order chi connectivity index (χ1) is 9.06. The van der Waals surface area contributed by atoms with Crippen LogP contribution >= 0.6 is 0 Å². The van der Waals surface area contributed by atoms with Crippen LogP contribution in [0.2, 0.25) is 0 Å². The molecular weight excluding hydrogens is 244 g/mol. The highest BCUT2D eigenvalue weighted by molar-refractivity contribution is 5.81. The van der Waals surface area contributed by atoms with Crippen molar-refractivity contribution in [3.05, 3.63) is 29.8 Å². The predicted molar refractivity (Wildman–Crippen MR) is 75.2 cm³/mol. The lowest BCUT2D eigenvalue weighted by atomic mass is 10.1. The summed E-state index contributed by atoms with van der Waals surface area (Å²) in [6.45, 7) is 2.96. The average molecular weight is 266 g/mol. The van der Waals surface area contributed by atoms with E-state index in [1.807, 2.05) is 36.2 Å². The van der Waals surface area contributed by atoms with E-state index in [0.29, 0.717) is 13.2 Å². The number of amides is 1. The molecule has 0 saturated carbocycles. The average Bonchev–Trinajstić information content (AvgIpc) is 2.39. The van der Waals surface area contributed by atoms with Crippen molar-refractivity contribution in [1.82, 2.24) is 5.32 Å². The van der Waals surface area contributed by atoms with Crippen LogP contribution in [0.5, 0.6) is 0 Å². The zero-order chi connectivity index (χ0) is 14.3. The number of ether oxygens (including phenoxy) is 1. The van der Waals surface area contributed by atoms with E-state index in [1.165, 1.54) is 0 Å². The summed E-state index contributed by atoms with van der Waals surface area (Å²) in [4.78, 5) is 13.5. The van der Waals surface area contributed by atoms with Crippen molar-refractivity contribution >= 4 is 11.6 Å². The highest BCUT2D eigenvalue weighted by Crippen LogP contribution is 2.24. The summed E-state index contributed by atoms with van der Waals surface area (Å²) in [6, 6.07) is 7.52. The number of aliphatic hydroxyl groups is 1. The van der Waals surface area contributed by atoms with Crippen molar-refractivity contribution in [2.75, 3.05) is 38.8 Å². The Hall–Kier alpha value is -1.59. The van der Waals surface area contributed by atoms with Crippen molar-refractivity contribution in [3.63, 3.8) is 0 Å². The number of methoxy groups -OCH3 is 1. The van der Waals surface area contributed by atoms with E-state index >= 15 is 0 Å². The van der Waals surface area contributed by atoms with Gasteiger partial charge in [-0.15, -0.1) is 0 Å². The summed E-state index contributed by atoms with van der Waals surface area (Å²) in [7, 11) is 3.42. The van der Waals surface area contributed by atoms with Gasteiger partial charge in [0.25, 0.3) is 0 Å². The molecule has 0 spiro atoms. The Balaban J connectivity index is 2.62. The second-order valence-corrected chi connectivity index (χ2v) is 4.43. The number of benzene rings is 1. The molecule has 1 aromatic carbocycles. The van der Waals surface area contributed by atoms with Crippen LogP contribution < -0.4 is 10.2 Å². The van der Waals surface area contributed by atoms with Crippen LogP contribution in [0.3, 0.4) is 0 Å². The predicted octanol–water partition coefficient (Wildman–Crippen LogP) is 0.939. The maximum Gasteiger partial charge on any atom is 0.239 e. The number of rotatable bonds is 7. The van der Waals surface area contributed by atoms with Gasteiger partial charge < -0.3 is 20.1 Å². The van der Waals surface area contributed by atoms with E-state index in [4.69, 9.17) is 4.74 Å². The fourth-order valence-corrected chi connectivity index (χ4v) is 1.84. The summed E-state index contributed by atoms with van der Waals surface area (Å²) in [5, 5.41) is 12.5. The molecule has 2 N–H and O–H groups in total. The zero-order valence-corrected chi connectivity index (χ0v) is 11.7. The Morgan fingerprint density at radius 2 is 2.16 bits per heavy atom. The molecule has 0 heterocycles. The Morgan fingerprint density at radius 1 is 1.47 bits per heavy atom. The largest absolute Gasteiger partial charge is 0.389 e. The molecule has 106 valence electrons. The molecule has 1 aromatic rings. The van der Waals surface area contributed by atoms with Crippen molar-refractivity contribution in [3.8, 4) is 0 Å². The van der Waals surface area contributed by atoms with Gasteiger partial charge in [0.1, 0.15) is 0 Å². The number of nitrogens with one attached hydrogen (secondary N) is 1. The molecule has 0 aromatic heterocycles. The Kier molecular flexibility index (Phi) is 6.32. The van der Waals surface area contributed by atoms with Gasteiger partial charge in [-0.3, -0.25) is 4.79 Å². The Morgan fingerprint density at radius 3 is 2.79 bits per heavy atom. The quantitative estimate of drug-likeness (QED) is 0.721. The molecule has 1 amide bonds. The first-order valence-corrected chi connectivity index (χ1v) is 6.30. The van der Waals surface area contributed by atoms with Gasteiger partial charge in [-0.25, -0.2) is 0 Å². The molecule has 0 saturated heterocycles. The summed E-state index contributed by atoms with van der Waals surface area (Å²) >= 11 is 0. The summed E-state index contributed by atoms with van der Waals surface area (Å²) in [6.07, 6.45) is -0.560. The molecule has 1 rings (SSSR count). The number of carbonyl (C=O) groups is 1. The van der Waals surface area contributed by atoms with Crippen molar-refractivity contribution in [1.29, 1.82) is 0 Å². The van der Waals surface area contributed by atoms with Crippen LogP contribution in [0, 0.1) is 0 Å². The van der Waals surface area contributed by atoms with Crippen molar-refractivity contribution in [2.24, 2.45) is 0 Å². The van der Waals surface area contributed by atoms with Crippen LogP contribution in [0.1, 0.15) is 18.6 Å². The molecule has 19 heavy (non-hydrogen) atoms. The lowest BCUT2D eigenvalue weighted by Gasteiger charge is -2.23. The van der Waals surface area contributed by atoms with Crippen LogP contribution in [-0.4, -0.2) is 44.9 Å². The monoisotopic (exact) mass is 266 g/mol. The number of carbonyl (C=O) groups excluding carboxylic acids is 1. The molecule has 5 nitrogen and oxygen atoms in total. The highest BCUT2D eigenvalue weighted by Gasteiger charge is 2.13. The van der Waals surface area contributed by atoms with E-state index in [-0.39, 0.29) is 12.5 Å². The van der Waals surface area contributed by atoms with Crippen LogP contribution in [-0.2, 0) is 9.53 Å². The first-order valence-electron chi connectivity index (χ1n) is 6.30. The molecule has 0 bridgehead atoms.